The van der Waals surface area contributed by atoms with Crippen LogP contribution in [0, 0.1) is 5.92 Å². The highest BCUT2D eigenvalue weighted by Crippen LogP contribution is 2.28. The third-order valence-corrected chi connectivity index (χ3v) is 2.13. The highest BCUT2D eigenvalue weighted by atomic mass is 16.5. The molecule has 2 heteroatoms. The van der Waals surface area contributed by atoms with Crippen molar-refractivity contribution in [3.05, 3.63) is 11.6 Å². The number of nitrogens with one attached hydrogen (secondary N) is 1. The summed E-state index contributed by atoms with van der Waals surface area (Å²) in [6, 6.07) is 0. The van der Waals surface area contributed by atoms with Crippen LogP contribution in [0.2, 0.25) is 0 Å². The first-order valence-corrected chi connectivity index (χ1v) is 5.21. The zero-order chi connectivity index (χ0) is 9.52. The molecule has 0 aromatic carbocycles. The Morgan fingerprint density at radius 3 is 2.85 bits per heavy atom. The molecule has 1 N–H and O–H groups in total. The molecule has 0 saturated heterocycles. The minimum absolute atomic E-state index is 0.854. The quantitative estimate of drug-likeness (QED) is 0.481. The smallest absolute Gasteiger partial charge is 0.0591 e. The first kappa shape index (κ1) is 10.7. The summed E-state index contributed by atoms with van der Waals surface area (Å²) in [5, 5.41) is 3.31. The first-order valence-electron chi connectivity index (χ1n) is 5.21. The Labute approximate surface area is 81.4 Å². The lowest BCUT2D eigenvalue weighted by molar-refractivity contribution is 0.127. The fourth-order valence-electron chi connectivity index (χ4n) is 1.06. The third-order valence-electron chi connectivity index (χ3n) is 2.13. The number of ether oxygens (including phenoxy) is 1. The highest BCUT2D eigenvalue weighted by molar-refractivity contribution is 4.94. The van der Waals surface area contributed by atoms with Crippen molar-refractivity contribution in [3.63, 3.8) is 0 Å². The average Bonchev–Trinajstić information content (AvgIpc) is 2.86. The predicted molar refractivity (Wildman–Crippen MR) is 55.8 cm³/mol. The zero-order valence-corrected chi connectivity index (χ0v) is 8.81. The van der Waals surface area contributed by atoms with E-state index in [1.807, 2.05) is 0 Å². The van der Waals surface area contributed by atoms with Gasteiger partial charge in [0.05, 0.1) is 6.61 Å². The molecule has 0 spiro atoms. The molecule has 76 valence electrons. The Bertz CT molecular complexity index is 157. The molecule has 2 nitrogen and oxygen atoms in total. The van der Waals surface area contributed by atoms with Crippen molar-refractivity contribution in [2.45, 2.75) is 26.7 Å². The molecule has 0 radical (unpaired) electrons. The van der Waals surface area contributed by atoms with Gasteiger partial charge in [0.15, 0.2) is 0 Å². The van der Waals surface area contributed by atoms with Crippen molar-refractivity contribution in [1.82, 2.24) is 5.32 Å². The summed E-state index contributed by atoms with van der Waals surface area (Å²) in [6.07, 6.45) is 4.96. The van der Waals surface area contributed by atoms with E-state index in [0.717, 1.165) is 32.2 Å². The summed E-state index contributed by atoms with van der Waals surface area (Å²) in [5.41, 5.74) is 1.37. The van der Waals surface area contributed by atoms with E-state index in [0.29, 0.717) is 0 Å². The summed E-state index contributed by atoms with van der Waals surface area (Å²) in [5.74, 6) is 0.887. The monoisotopic (exact) mass is 183 g/mol. The predicted octanol–water partition coefficient (Wildman–Crippen LogP) is 1.97. The van der Waals surface area contributed by atoms with Crippen LogP contribution in [0.15, 0.2) is 11.6 Å². The lowest BCUT2D eigenvalue weighted by atomic mass is 10.3. The average molecular weight is 183 g/mol. The largest absolute Gasteiger partial charge is 0.380 e. The maximum atomic E-state index is 5.48. The van der Waals surface area contributed by atoms with Gasteiger partial charge in [-0.3, -0.25) is 0 Å². The number of hydrogen-bond acceptors (Lipinski definition) is 2. The van der Waals surface area contributed by atoms with E-state index < -0.39 is 0 Å². The second-order valence-corrected chi connectivity index (χ2v) is 4.00. The van der Waals surface area contributed by atoms with Crippen LogP contribution in [0.5, 0.6) is 0 Å². The Balaban J connectivity index is 1.75. The van der Waals surface area contributed by atoms with Gasteiger partial charge in [0.1, 0.15) is 0 Å². The molecule has 1 aliphatic carbocycles. The Morgan fingerprint density at radius 1 is 1.46 bits per heavy atom. The molecule has 1 rings (SSSR count). The lowest BCUT2D eigenvalue weighted by Gasteiger charge is -2.03. The first-order chi connectivity index (χ1) is 6.29. The van der Waals surface area contributed by atoms with Crippen molar-refractivity contribution in [2.24, 2.45) is 5.92 Å². The maximum Gasteiger partial charge on any atom is 0.0591 e. The zero-order valence-electron chi connectivity index (χ0n) is 8.81. The molecule has 0 atom stereocenters. The molecule has 1 aliphatic rings. The van der Waals surface area contributed by atoms with E-state index in [1.165, 1.54) is 18.4 Å². The van der Waals surface area contributed by atoms with Crippen molar-refractivity contribution in [2.75, 3.05) is 26.3 Å². The van der Waals surface area contributed by atoms with Gasteiger partial charge >= 0.3 is 0 Å². The lowest BCUT2D eigenvalue weighted by Crippen LogP contribution is -2.20. The van der Waals surface area contributed by atoms with Crippen molar-refractivity contribution < 1.29 is 4.74 Å². The molecule has 1 saturated carbocycles. The van der Waals surface area contributed by atoms with Crippen LogP contribution in [0.1, 0.15) is 26.7 Å². The van der Waals surface area contributed by atoms with Crippen LogP contribution >= 0.6 is 0 Å². The van der Waals surface area contributed by atoms with Gasteiger partial charge in [0.2, 0.25) is 0 Å². The molecule has 0 aromatic rings. The SMILES string of the molecule is CC(C)=CCNCCOCC1CC1. The van der Waals surface area contributed by atoms with Crippen LogP contribution in [0.4, 0.5) is 0 Å². The summed E-state index contributed by atoms with van der Waals surface area (Å²) in [6.45, 7) is 8.00. The van der Waals surface area contributed by atoms with Crippen molar-refractivity contribution in [1.29, 1.82) is 0 Å². The Morgan fingerprint density at radius 2 is 2.23 bits per heavy atom. The number of hydrogen-bond donors (Lipinski definition) is 1. The van der Waals surface area contributed by atoms with E-state index in [1.54, 1.807) is 0 Å². The normalized spacial score (nSPS) is 15.8. The van der Waals surface area contributed by atoms with Crippen LogP contribution < -0.4 is 5.32 Å². The molecule has 0 heterocycles. The minimum atomic E-state index is 0.854. The van der Waals surface area contributed by atoms with Gasteiger partial charge in [0, 0.05) is 19.7 Å². The van der Waals surface area contributed by atoms with Gasteiger partial charge < -0.3 is 10.1 Å². The van der Waals surface area contributed by atoms with E-state index in [4.69, 9.17) is 4.74 Å². The molecule has 1 fully saturated rings. The van der Waals surface area contributed by atoms with Crippen LogP contribution in [0.25, 0.3) is 0 Å². The van der Waals surface area contributed by atoms with Crippen LogP contribution in [-0.2, 0) is 4.74 Å². The van der Waals surface area contributed by atoms with Crippen LogP contribution in [-0.4, -0.2) is 26.3 Å². The standard InChI is InChI=1S/C11H21NO/c1-10(2)5-6-12-7-8-13-9-11-3-4-11/h5,11-12H,3-4,6-9H2,1-2H3. The van der Waals surface area contributed by atoms with Crippen LogP contribution in [0.3, 0.4) is 0 Å². The van der Waals surface area contributed by atoms with E-state index >= 15 is 0 Å². The van der Waals surface area contributed by atoms with Gasteiger partial charge in [-0.1, -0.05) is 11.6 Å². The van der Waals surface area contributed by atoms with E-state index in [9.17, 15) is 0 Å². The molecule has 0 unspecified atom stereocenters. The summed E-state index contributed by atoms with van der Waals surface area (Å²) >= 11 is 0. The molecule has 0 amide bonds. The molecule has 0 bridgehead atoms. The summed E-state index contributed by atoms with van der Waals surface area (Å²) < 4.78 is 5.48. The Hall–Kier alpha value is -0.340. The number of allylic oxidation sites excluding steroid dienone is 1. The van der Waals surface area contributed by atoms with Gasteiger partial charge in [-0.2, -0.15) is 0 Å². The Kier molecular flexibility index (Phi) is 5.09. The molecule has 0 aliphatic heterocycles. The molecule has 13 heavy (non-hydrogen) atoms. The molecular weight excluding hydrogens is 162 g/mol. The van der Waals surface area contributed by atoms with Gasteiger partial charge in [-0.05, 0) is 32.6 Å². The van der Waals surface area contributed by atoms with Gasteiger partial charge in [-0.25, -0.2) is 0 Å². The fourth-order valence-corrected chi connectivity index (χ4v) is 1.06. The maximum absolute atomic E-state index is 5.48. The van der Waals surface area contributed by atoms with Crippen molar-refractivity contribution >= 4 is 0 Å². The van der Waals surface area contributed by atoms with E-state index in [-0.39, 0.29) is 0 Å². The second kappa shape index (κ2) is 6.17. The molecular formula is C11H21NO. The third kappa shape index (κ3) is 6.79. The summed E-state index contributed by atoms with van der Waals surface area (Å²) in [7, 11) is 0. The summed E-state index contributed by atoms with van der Waals surface area (Å²) in [4.78, 5) is 0. The number of rotatable bonds is 7. The van der Waals surface area contributed by atoms with Gasteiger partial charge in [0.25, 0.3) is 0 Å². The fraction of sp³-hybridized carbons (Fsp3) is 0.818. The minimum Gasteiger partial charge on any atom is -0.380 e. The van der Waals surface area contributed by atoms with Gasteiger partial charge in [-0.15, -0.1) is 0 Å². The highest BCUT2D eigenvalue weighted by Gasteiger charge is 2.20. The topological polar surface area (TPSA) is 21.3 Å². The van der Waals surface area contributed by atoms with E-state index in [2.05, 4.69) is 25.2 Å². The molecule has 0 aromatic heterocycles. The van der Waals surface area contributed by atoms with Crippen molar-refractivity contribution in [3.8, 4) is 0 Å². The second-order valence-electron chi connectivity index (χ2n) is 4.00.